The van der Waals surface area contributed by atoms with Crippen molar-refractivity contribution in [1.29, 1.82) is 0 Å². The first kappa shape index (κ1) is 10.9. The minimum Gasteiger partial charge on any atom is -0.432 e. The average Bonchev–Trinajstić information content (AvgIpc) is 3.02. The Hall–Kier alpha value is -2.20. The van der Waals surface area contributed by atoms with E-state index in [2.05, 4.69) is 4.99 Å². The van der Waals surface area contributed by atoms with Gasteiger partial charge in [-0.15, -0.1) is 11.3 Å². The number of carbonyl (C=O) groups excluding carboxylic acids is 1. The number of thiophene rings is 1. The Morgan fingerprint density at radius 1 is 1.11 bits per heavy atom. The third-order valence-electron chi connectivity index (χ3n) is 2.46. The fraction of sp³-hybridized carbons (Fsp3) is 0. The number of benzene rings is 1. The van der Waals surface area contributed by atoms with Crippen molar-refractivity contribution in [3.8, 4) is 0 Å². The molecule has 0 bridgehead atoms. The van der Waals surface area contributed by atoms with Crippen LogP contribution in [0.5, 0.6) is 0 Å². The highest BCUT2D eigenvalue weighted by atomic mass is 32.1. The third-order valence-corrected chi connectivity index (χ3v) is 3.28. The second-order valence-electron chi connectivity index (χ2n) is 3.71. The molecule has 1 aromatic heterocycles. The first-order valence-electron chi connectivity index (χ1n) is 5.44. The molecule has 88 valence electrons. The van der Waals surface area contributed by atoms with Gasteiger partial charge < -0.3 is 4.74 Å². The van der Waals surface area contributed by atoms with Gasteiger partial charge in [0.2, 0.25) is 5.90 Å². The van der Waals surface area contributed by atoms with Gasteiger partial charge in [-0.3, -0.25) is 4.79 Å². The molecule has 0 aliphatic carbocycles. The van der Waals surface area contributed by atoms with Gasteiger partial charge in [0, 0.05) is 16.5 Å². The van der Waals surface area contributed by atoms with Crippen LogP contribution in [0.4, 0.5) is 0 Å². The molecule has 18 heavy (non-hydrogen) atoms. The lowest BCUT2D eigenvalue weighted by molar-refractivity contribution is -0.115. The molecule has 1 amide bonds. The number of nitrogens with zero attached hydrogens (tertiary/aromatic N) is 1. The van der Waals surface area contributed by atoms with Gasteiger partial charge in [0.15, 0.2) is 5.76 Å². The zero-order valence-electron chi connectivity index (χ0n) is 9.37. The molecule has 0 saturated carbocycles. The van der Waals surface area contributed by atoms with E-state index in [-0.39, 0.29) is 11.7 Å². The van der Waals surface area contributed by atoms with Crippen LogP contribution in [-0.2, 0) is 9.53 Å². The first-order chi connectivity index (χ1) is 8.83. The summed E-state index contributed by atoms with van der Waals surface area (Å²) in [4.78, 5) is 16.6. The molecule has 0 spiro atoms. The van der Waals surface area contributed by atoms with Crippen molar-refractivity contribution in [2.24, 2.45) is 4.99 Å². The number of ether oxygens (including phenoxy) is 1. The Morgan fingerprint density at radius 2 is 1.94 bits per heavy atom. The van der Waals surface area contributed by atoms with Crippen molar-refractivity contribution < 1.29 is 9.53 Å². The molecule has 0 atom stereocenters. The SMILES string of the molecule is O=C1N=C(c2ccccc2)OC1=Cc1cccs1. The van der Waals surface area contributed by atoms with Gasteiger partial charge >= 0.3 is 5.91 Å². The average molecular weight is 255 g/mol. The normalized spacial score (nSPS) is 16.8. The fourth-order valence-corrected chi connectivity index (χ4v) is 2.26. The molecule has 3 rings (SSSR count). The predicted octanol–water partition coefficient (Wildman–Crippen LogP) is 3.09. The lowest BCUT2D eigenvalue weighted by Gasteiger charge is -2.00. The van der Waals surface area contributed by atoms with Gasteiger partial charge in [0.05, 0.1) is 0 Å². The molecule has 2 aromatic rings. The lowest BCUT2D eigenvalue weighted by Crippen LogP contribution is -1.99. The molecule has 1 aliphatic rings. The van der Waals surface area contributed by atoms with Gasteiger partial charge in [-0.2, -0.15) is 4.99 Å². The molecule has 0 saturated heterocycles. The van der Waals surface area contributed by atoms with Crippen LogP contribution in [0.25, 0.3) is 6.08 Å². The Morgan fingerprint density at radius 3 is 2.67 bits per heavy atom. The number of hydrogen-bond donors (Lipinski definition) is 0. The minimum atomic E-state index is -0.331. The summed E-state index contributed by atoms with van der Waals surface area (Å²) in [5.74, 6) is 0.307. The van der Waals surface area contributed by atoms with Crippen LogP contribution >= 0.6 is 11.3 Å². The molecule has 0 fully saturated rings. The summed E-state index contributed by atoms with van der Waals surface area (Å²) < 4.78 is 5.50. The second-order valence-corrected chi connectivity index (χ2v) is 4.69. The highest BCUT2D eigenvalue weighted by Gasteiger charge is 2.23. The Labute approximate surface area is 108 Å². The summed E-state index contributed by atoms with van der Waals surface area (Å²) >= 11 is 1.55. The summed E-state index contributed by atoms with van der Waals surface area (Å²) in [5.41, 5.74) is 0.806. The second kappa shape index (κ2) is 4.58. The minimum absolute atomic E-state index is 0.274. The zero-order valence-corrected chi connectivity index (χ0v) is 10.2. The van der Waals surface area contributed by atoms with Crippen LogP contribution < -0.4 is 0 Å². The molecular weight excluding hydrogens is 246 g/mol. The molecule has 4 heteroatoms. The Balaban J connectivity index is 1.87. The smallest absolute Gasteiger partial charge is 0.316 e. The summed E-state index contributed by atoms with van der Waals surface area (Å²) in [5, 5.41) is 1.95. The van der Waals surface area contributed by atoms with E-state index in [1.165, 1.54) is 0 Å². The van der Waals surface area contributed by atoms with Crippen molar-refractivity contribution in [2.45, 2.75) is 0 Å². The Kier molecular flexibility index (Phi) is 2.78. The standard InChI is InChI=1S/C14H9NO2S/c16-13-12(9-11-7-4-8-18-11)17-14(15-13)10-5-2-1-3-6-10/h1-9H. The lowest BCUT2D eigenvalue weighted by atomic mass is 10.2. The van der Waals surface area contributed by atoms with E-state index in [9.17, 15) is 4.79 Å². The number of rotatable bonds is 2. The number of carbonyl (C=O) groups is 1. The molecule has 1 aromatic carbocycles. The zero-order chi connectivity index (χ0) is 12.4. The molecule has 0 radical (unpaired) electrons. The van der Waals surface area contributed by atoms with Gasteiger partial charge in [-0.05, 0) is 23.6 Å². The molecule has 1 aliphatic heterocycles. The quantitative estimate of drug-likeness (QED) is 0.773. The van der Waals surface area contributed by atoms with Gasteiger partial charge in [-0.1, -0.05) is 24.3 Å². The van der Waals surface area contributed by atoms with Crippen molar-refractivity contribution >= 4 is 29.2 Å². The van der Waals surface area contributed by atoms with Crippen molar-refractivity contribution in [1.82, 2.24) is 0 Å². The molecule has 2 heterocycles. The maximum Gasteiger partial charge on any atom is 0.316 e. The third kappa shape index (κ3) is 2.10. The monoisotopic (exact) mass is 255 g/mol. The number of aliphatic imine (C=N–C) groups is 1. The van der Waals surface area contributed by atoms with Crippen LogP contribution in [-0.4, -0.2) is 11.8 Å². The van der Waals surface area contributed by atoms with Crippen LogP contribution in [0.2, 0.25) is 0 Å². The highest BCUT2D eigenvalue weighted by molar-refractivity contribution is 7.10. The van der Waals surface area contributed by atoms with E-state index in [1.54, 1.807) is 17.4 Å². The molecule has 0 N–H and O–H groups in total. The van der Waals surface area contributed by atoms with E-state index in [1.807, 2.05) is 47.8 Å². The topological polar surface area (TPSA) is 38.7 Å². The predicted molar refractivity (Wildman–Crippen MR) is 71.4 cm³/mol. The van der Waals surface area contributed by atoms with Gasteiger partial charge in [0.25, 0.3) is 0 Å². The summed E-state index contributed by atoms with van der Waals surface area (Å²) in [6.45, 7) is 0. The maximum absolute atomic E-state index is 11.7. The highest BCUT2D eigenvalue weighted by Crippen LogP contribution is 2.20. The van der Waals surface area contributed by atoms with Crippen LogP contribution in [0.15, 0.2) is 58.6 Å². The first-order valence-corrected chi connectivity index (χ1v) is 6.32. The maximum atomic E-state index is 11.7. The van der Waals surface area contributed by atoms with E-state index in [0.717, 1.165) is 10.4 Å². The van der Waals surface area contributed by atoms with E-state index < -0.39 is 0 Å². The van der Waals surface area contributed by atoms with Gasteiger partial charge in [-0.25, -0.2) is 0 Å². The summed E-state index contributed by atoms with van der Waals surface area (Å²) in [6.07, 6.45) is 1.71. The van der Waals surface area contributed by atoms with E-state index >= 15 is 0 Å². The summed E-state index contributed by atoms with van der Waals surface area (Å²) in [7, 11) is 0. The molecule has 0 unspecified atom stereocenters. The van der Waals surface area contributed by atoms with Crippen molar-refractivity contribution in [3.05, 3.63) is 64.0 Å². The van der Waals surface area contributed by atoms with Gasteiger partial charge in [0.1, 0.15) is 0 Å². The van der Waals surface area contributed by atoms with Crippen molar-refractivity contribution in [2.75, 3.05) is 0 Å². The van der Waals surface area contributed by atoms with Crippen molar-refractivity contribution in [3.63, 3.8) is 0 Å². The summed E-state index contributed by atoms with van der Waals surface area (Å²) in [6, 6.07) is 13.2. The Bertz CT molecular complexity index is 627. The number of hydrogen-bond acceptors (Lipinski definition) is 3. The van der Waals surface area contributed by atoms with E-state index in [4.69, 9.17) is 4.74 Å². The number of amides is 1. The molecular formula is C14H9NO2S. The fourth-order valence-electron chi connectivity index (χ4n) is 1.62. The largest absolute Gasteiger partial charge is 0.432 e. The molecule has 3 nitrogen and oxygen atoms in total. The van der Waals surface area contributed by atoms with Crippen LogP contribution in [0.1, 0.15) is 10.4 Å². The van der Waals surface area contributed by atoms with Crippen LogP contribution in [0.3, 0.4) is 0 Å². The van der Waals surface area contributed by atoms with Crippen LogP contribution in [0, 0.1) is 0 Å². The van der Waals surface area contributed by atoms with E-state index in [0.29, 0.717) is 5.90 Å².